The average Bonchev–Trinajstić information content (AvgIpc) is 3.16. The second-order valence-electron chi connectivity index (χ2n) is 7.14. The van der Waals surface area contributed by atoms with Crippen LogP contribution in [0.15, 0.2) is 53.5 Å². The molecule has 2 N–H and O–H groups in total. The van der Waals surface area contributed by atoms with E-state index in [0.717, 1.165) is 37.6 Å². The van der Waals surface area contributed by atoms with Crippen molar-refractivity contribution >= 4 is 35.8 Å². The molecule has 2 aromatic carbocycles. The maximum atomic E-state index is 11.9. The summed E-state index contributed by atoms with van der Waals surface area (Å²) in [6.07, 6.45) is 2.54. The van der Waals surface area contributed by atoms with Gasteiger partial charge < -0.3 is 20.3 Å². The summed E-state index contributed by atoms with van der Waals surface area (Å²) in [6.45, 7) is 2.99. The van der Waals surface area contributed by atoms with Crippen molar-refractivity contribution in [2.45, 2.75) is 32.4 Å². The molecule has 30 heavy (non-hydrogen) atoms. The van der Waals surface area contributed by atoms with Gasteiger partial charge in [0.05, 0.1) is 7.11 Å². The van der Waals surface area contributed by atoms with Crippen LogP contribution in [0.3, 0.4) is 0 Å². The van der Waals surface area contributed by atoms with Crippen LogP contribution >= 0.6 is 24.0 Å². The highest BCUT2D eigenvalue weighted by Crippen LogP contribution is 2.17. The van der Waals surface area contributed by atoms with Gasteiger partial charge in [-0.1, -0.05) is 36.4 Å². The summed E-state index contributed by atoms with van der Waals surface area (Å²) >= 11 is 0. The molecule has 1 amide bonds. The predicted molar refractivity (Wildman–Crippen MR) is 131 cm³/mol. The molecule has 0 spiro atoms. The number of aliphatic imine (C=N–C) groups is 1. The summed E-state index contributed by atoms with van der Waals surface area (Å²) in [7, 11) is 3.45. The van der Waals surface area contributed by atoms with Crippen LogP contribution in [0.25, 0.3) is 0 Å². The summed E-state index contributed by atoms with van der Waals surface area (Å²) in [4.78, 5) is 18.2. The molecule has 1 aliphatic heterocycles. The lowest BCUT2D eigenvalue weighted by molar-refractivity contribution is -0.128. The number of carbonyl (C=O) groups excluding carboxylic acids is 1. The number of methoxy groups -OCH3 is 1. The number of rotatable bonds is 8. The van der Waals surface area contributed by atoms with Crippen molar-refractivity contribution in [1.29, 1.82) is 0 Å². The lowest BCUT2D eigenvalue weighted by Gasteiger charge is -2.19. The molecule has 0 saturated carbocycles. The molecule has 1 aliphatic rings. The van der Waals surface area contributed by atoms with E-state index in [2.05, 4.69) is 39.9 Å². The highest BCUT2D eigenvalue weighted by atomic mass is 127. The molecular weight excluding hydrogens is 491 g/mol. The topological polar surface area (TPSA) is 66.0 Å². The standard InChI is InChI=1S/C23H30N4O2.HI/c1-24-23(25-14-13-18-9-11-21(29-2)12-10-18)26-16-19-6-3-4-7-20(19)17-27-15-5-8-22(27)28;/h3-4,6-7,9-12H,5,8,13-17H2,1-2H3,(H2,24,25,26);1H. The van der Waals surface area contributed by atoms with Crippen molar-refractivity contribution in [2.24, 2.45) is 4.99 Å². The highest BCUT2D eigenvalue weighted by Gasteiger charge is 2.20. The van der Waals surface area contributed by atoms with Crippen LogP contribution in [0.4, 0.5) is 0 Å². The van der Waals surface area contributed by atoms with Crippen LogP contribution in [-0.4, -0.2) is 44.0 Å². The number of carbonyl (C=O) groups is 1. The Morgan fingerprint density at radius 3 is 2.47 bits per heavy atom. The molecule has 0 atom stereocenters. The Bertz CT molecular complexity index is 839. The van der Waals surface area contributed by atoms with Crippen LogP contribution in [0.5, 0.6) is 5.75 Å². The van der Waals surface area contributed by atoms with E-state index in [0.29, 0.717) is 19.5 Å². The van der Waals surface area contributed by atoms with Gasteiger partial charge in [-0.3, -0.25) is 9.79 Å². The zero-order chi connectivity index (χ0) is 20.5. The fraction of sp³-hybridized carbons (Fsp3) is 0.391. The average molecular weight is 522 g/mol. The van der Waals surface area contributed by atoms with E-state index in [-0.39, 0.29) is 29.9 Å². The molecule has 3 rings (SSSR count). The molecular formula is C23H31IN4O2. The first kappa shape index (κ1) is 24.0. The zero-order valence-electron chi connectivity index (χ0n) is 17.7. The molecule has 2 aromatic rings. The number of hydrogen-bond acceptors (Lipinski definition) is 3. The van der Waals surface area contributed by atoms with Crippen molar-refractivity contribution in [1.82, 2.24) is 15.5 Å². The largest absolute Gasteiger partial charge is 0.497 e. The van der Waals surface area contributed by atoms with Crippen molar-refractivity contribution in [3.8, 4) is 5.75 Å². The van der Waals surface area contributed by atoms with Crippen LogP contribution in [0, 0.1) is 0 Å². The van der Waals surface area contributed by atoms with Gasteiger partial charge in [0.25, 0.3) is 0 Å². The number of guanidine groups is 1. The number of ether oxygens (including phenoxy) is 1. The van der Waals surface area contributed by atoms with E-state index >= 15 is 0 Å². The fourth-order valence-corrected chi connectivity index (χ4v) is 3.48. The van der Waals surface area contributed by atoms with Gasteiger partial charge in [0.1, 0.15) is 5.75 Å². The van der Waals surface area contributed by atoms with E-state index in [1.165, 1.54) is 16.7 Å². The van der Waals surface area contributed by atoms with Crippen molar-refractivity contribution < 1.29 is 9.53 Å². The monoisotopic (exact) mass is 522 g/mol. The van der Waals surface area contributed by atoms with Crippen molar-refractivity contribution in [2.75, 3.05) is 27.2 Å². The van der Waals surface area contributed by atoms with Crippen LogP contribution in [0.2, 0.25) is 0 Å². The van der Waals surface area contributed by atoms with Crippen LogP contribution < -0.4 is 15.4 Å². The van der Waals surface area contributed by atoms with Gasteiger partial charge in [-0.25, -0.2) is 0 Å². The third-order valence-electron chi connectivity index (χ3n) is 5.19. The number of amides is 1. The molecule has 0 unspecified atom stereocenters. The lowest BCUT2D eigenvalue weighted by atomic mass is 10.1. The number of likely N-dealkylation sites (tertiary alicyclic amines) is 1. The summed E-state index contributed by atoms with van der Waals surface area (Å²) in [5.74, 6) is 1.89. The van der Waals surface area contributed by atoms with Gasteiger partial charge in [-0.15, -0.1) is 24.0 Å². The molecule has 6 nitrogen and oxygen atoms in total. The first-order valence-electron chi connectivity index (χ1n) is 10.1. The summed E-state index contributed by atoms with van der Waals surface area (Å²) in [6, 6.07) is 16.4. The number of nitrogens with zero attached hydrogens (tertiary/aromatic N) is 2. The molecule has 1 saturated heterocycles. The Labute approximate surface area is 196 Å². The molecule has 0 aliphatic carbocycles. The van der Waals surface area contributed by atoms with Gasteiger partial charge in [0, 0.05) is 39.6 Å². The molecule has 0 bridgehead atoms. The van der Waals surface area contributed by atoms with E-state index in [4.69, 9.17) is 4.74 Å². The number of nitrogens with one attached hydrogen (secondary N) is 2. The SMILES string of the molecule is CN=C(NCCc1ccc(OC)cc1)NCc1ccccc1CN1CCCC1=O.I. The van der Waals surface area contributed by atoms with Crippen molar-refractivity contribution in [3.05, 3.63) is 65.2 Å². The molecule has 162 valence electrons. The number of benzene rings is 2. The first-order chi connectivity index (χ1) is 14.2. The van der Waals surface area contributed by atoms with E-state index in [1.54, 1.807) is 14.2 Å². The lowest BCUT2D eigenvalue weighted by Crippen LogP contribution is -2.38. The maximum Gasteiger partial charge on any atom is 0.222 e. The summed E-state index contributed by atoms with van der Waals surface area (Å²) in [5, 5.41) is 6.74. The predicted octanol–water partition coefficient (Wildman–Crippen LogP) is 3.34. The minimum atomic E-state index is 0. The van der Waals surface area contributed by atoms with E-state index < -0.39 is 0 Å². The second-order valence-corrected chi connectivity index (χ2v) is 7.14. The zero-order valence-corrected chi connectivity index (χ0v) is 20.0. The Morgan fingerprint density at radius 2 is 1.83 bits per heavy atom. The Hall–Kier alpha value is -2.29. The van der Waals surface area contributed by atoms with Gasteiger partial charge >= 0.3 is 0 Å². The third kappa shape index (κ3) is 6.90. The second kappa shape index (κ2) is 12.4. The van der Waals surface area contributed by atoms with E-state index in [9.17, 15) is 4.79 Å². The quantitative estimate of drug-likeness (QED) is 0.317. The minimum absolute atomic E-state index is 0. The normalized spacial score (nSPS) is 13.7. The van der Waals surface area contributed by atoms with Crippen molar-refractivity contribution in [3.63, 3.8) is 0 Å². The Balaban J connectivity index is 0.00000320. The molecule has 0 aromatic heterocycles. The minimum Gasteiger partial charge on any atom is -0.497 e. The van der Waals surface area contributed by atoms with Gasteiger partial charge in [-0.2, -0.15) is 0 Å². The molecule has 0 radical (unpaired) electrons. The maximum absolute atomic E-state index is 11.9. The van der Waals surface area contributed by atoms with Gasteiger partial charge in [0.15, 0.2) is 5.96 Å². The highest BCUT2D eigenvalue weighted by molar-refractivity contribution is 14.0. The Kier molecular flexibility index (Phi) is 9.93. The smallest absolute Gasteiger partial charge is 0.222 e. The van der Waals surface area contributed by atoms with Gasteiger partial charge in [-0.05, 0) is 41.7 Å². The number of hydrogen-bond donors (Lipinski definition) is 2. The summed E-state index contributed by atoms with van der Waals surface area (Å²) in [5.41, 5.74) is 3.61. The molecule has 1 heterocycles. The van der Waals surface area contributed by atoms with Gasteiger partial charge in [0.2, 0.25) is 5.91 Å². The summed E-state index contributed by atoms with van der Waals surface area (Å²) < 4.78 is 5.19. The fourth-order valence-electron chi connectivity index (χ4n) is 3.48. The number of halogens is 1. The third-order valence-corrected chi connectivity index (χ3v) is 5.19. The molecule has 7 heteroatoms. The van der Waals surface area contributed by atoms with Crippen LogP contribution in [-0.2, 0) is 24.3 Å². The Morgan fingerprint density at radius 1 is 1.10 bits per heavy atom. The first-order valence-corrected chi connectivity index (χ1v) is 10.1. The molecule has 1 fully saturated rings. The van der Waals surface area contributed by atoms with Crippen LogP contribution in [0.1, 0.15) is 29.5 Å². The van der Waals surface area contributed by atoms with E-state index in [1.807, 2.05) is 29.2 Å².